The molecule has 0 saturated carbocycles. The van der Waals surface area contributed by atoms with E-state index in [0.717, 1.165) is 35.1 Å². The first-order chi connectivity index (χ1) is 12.8. The van der Waals surface area contributed by atoms with Gasteiger partial charge in [-0.1, -0.05) is 12.1 Å². The molecule has 1 saturated heterocycles. The van der Waals surface area contributed by atoms with Gasteiger partial charge in [-0.25, -0.2) is 4.98 Å². The Hall–Kier alpha value is -2.90. The van der Waals surface area contributed by atoms with E-state index < -0.39 is 0 Å². The number of carbonyl (C=O) groups is 1. The summed E-state index contributed by atoms with van der Waals surface area (Å²) >= 11 is 0. The van der Waals surface area contributed by atoms with Crippen LogP contribution < -0.4 is 5.32 Å². The van der Waals surface area contributed by atoms with Gasteiger partial charge in [0.1, 0.15) is 5.82 Å². The van der Waals surface area contributed by atoms with Crippen molar-refractivity contribution < 1.29 is 9.53 Å². The van der Waals surface area contributed by atoms with Crippen LogP contribution in [-0.4, -0.2) is 58.6 Å². The number of ether oxygens (including phenoxy) is 1. The van der Waals surface area contributed by atoms with Crippen LogP contribution in [0.5, 0.6) is 0 Å². The van der Waals surface area contributed by atoms with Crippen LogP contribution in [0.3, 0.4) is 0 Å². The van der Waals surface area contributed by atoms with Gasteiger partial charge in [-0.2, -0.15) is 0 Å². The van der Waals surface area contributed by atoms with E-state index in [0.29, 0.717) is 25.6 Å². The van der Waals surface area contributed by atoms with Crippen molar-refractivity contribution in [1.29, 1.82) is 0 Å². The lowest BCUT2D eigenvalue weighted by atomic mass is 10.1. The highest BCUT2D eigenvalue weighted by molar-refractivity contribution is 5.94. The number of pyridine rings is 1. The Bertz CT molecular complexity index is 910. The van der Waals surface area contributed by atoms with E-state index in [2.05, 4.69) is 25.2 Å². The van der Waals surface area contributed by atoms with E-state index in [4.69, 9.17) is 4.74 Å². The molecule has 1 aromatic carbocycles. The van der Waals surface area contributed by atoms with Crippen LogP contribution in [0.1, 0.15) is 0 Å². The molecule has 4 rings (SSSR count). The summed E-state index contributed by atoms with van der Waals surface area (Å²) in [4.78, 5) is 27.1. The van der Waals surface area contributed by atoms with Gasteiger partial charge >= 0.3 is 0 Å². The van der Waals surface area contributed by atoms with Crippen LogP contribution in [0.2, 0.25) is 0 Å². The van der Waals surface area contributed by atoms with Crippen LogP contribution in [0.4, 0.5) is 5.82 Å². The average Bonchev–Trinajstić information content (AvgIpc) is 2.69. The van der Waals surface area contributed by atoms with E-state index in [1.165, 1.54) is 0 Å². The van der Waals surface area contributed by atoms with Crippen LogP contribution in [0.15, 0.2) is 49.1 Å². The fraction of sp³-hybridized carbons (Fsp3) is 0.263. The van der Waals surface area contributed by atoms with Gasteiger partial charge in [-0.05, 0) is 17.5 Å². The number of morpholine rings is 1. The summed E-state index contributed by atoms with van der Waals surface area (Å²) in [6.45, 7) is 3.25. The molecule has 0 radical (unpaired) electrons. The van der Waals surface area contributed by atoms with Gasteiger partial charge in [0.15, 0.2) is 0 Å². The standard InChI is InChI=1S/C19H19N5O2/c25-19(13-24-5-7-26-8-6-24)23-18-10-16-9-14(1-2-15(16)11-22-18)17-12-20-3-4-21-17/h1-4,9-12H,5-8,13H2,(H,22,23,25). The lowest BCUT2D eigenvalue weighted by Gasteiger charge is -2.25. The second-order valence-electron chi connectivity index (χ2n) is 6.16. The van der Waals surface area contributed by atoms with Crippen molar-refractivity contribution in [2.45, 2.75) is 0 Å². The molecule has 132 valence electrons. The fourth-order valence-corrected chi connectivity index (χ4v) is 2.96. The third kappa shape index (κ3) is 3.84. The molecule has 1 aliphatic rings. The summed E-state index contributed by atoms with van der Waals surface area (Å²) in [5, 5.41) is 4.87. The molecule has 3 heterocycles. The quantitative estimate of drug-likeness (QED) is 0.776. The van der Waals surface area contributed by atoms with Crippen molar-refractivity contribution >= 4 is 22.5 Å². The lowest BCUT2D eigenvalue weighted by Crippen LogP contribution is -2.41. The number of anilines is 1. The molecule has 1 amide bonds. The van der Waals surface area contributed by atoms with E-state index in [1.807, 2.05) is 24.3 Å². The van der Waals surface area contributed by atoms with Gasteiger partial charge in [0.05, 0.1) is 31.6 Å². The second-order valence-corrected chi connectivity index (χ2v) is 6.16. The highest BCUT2D eigenvalue weighted by Crippen LogP contribution is 2.23. The first-order valence-corrected chi connectivity index (χ1v) is 8.54. The van der Waals surface area contributed by atoms with Crippen molar-refractivity contribution in [1.82, 2.24) is 19.9 Å². The van der Waals surface area contributed by atoms with Gasteiger partial charge in [-0.15, -0.1) is 0 Å². The molecule has 1 fully saturated rings. The Morgan fingerprint density at radius 2 is 1.96 bits per heavy atom. The van der Waals surface area contributed by atoms with Crippen molar-refractivity contribution in [2.24, 2.45) is 0 Å². The van der Waals surface area contributed by atoms with Crippen molar-refractivity contribution in [2.75, 3.05) is 38.2 Å². The SMILES string of the molecule is O=C(CN1CCOCC1)Nc1cc2cc(-c3cnccn3)ccc2cn1. The predicted molar refractivity (Wildman–Crippen MR) is 98.7 cm³/mol. The minimum absolute atomic E-state index is 0.0659. The normalized spacial score (nSPS) is 15.1. The zero-order valence-electron chi connectivity index (χ0n) is 14.3. The molecule has 1 aliphatic heterocycles. The second kappa shape index (κ2) is 7.55. The number of nitrogens with one attached hydrogen (secondary N) is 1. The highest BCUT2D eigenvalue weighted by atomic mass is 16.5. The van der Waals surface area contributed by atoms with Crippen LogP contribution in [-0.2, 0) is 9.53 Å². The summed E-state index contributed by atoms with van der Waals surface area (Å²) in [6.07, 6.45) is 6.81. The molecule has 0 unspecified atom stereocenters. The molecule has 1 N–H and O–H groups in total. The highest BCUT2D eigenvalue weighted by Gasteiger charge is 2.14. The lowest BCUT2D eigenvalue weighted by molar-refractivity contribution is -0.118. The summed E-state index contributed by atoms with van der Waals surface area (Å²) < 4.78 is 5.30. The van der Waals surface area contributed by atoms with Crippen molar-refractivity contribution in [3.8, 4) is 11.3 Å². The maximum Gasteiger partial charge on any atom is 0.239 e. The summed E-state index contributed by atoms with van der Waals surface area (Å²) in [5.41, 5.74) is 1.78. The molecule has 7 heteroatoms. The molecule has 26 heavy (non-hydrogen) atoms. The number of fused-ring (bicyclic) bond motifs is 1. The summed E-state index contributed by atoms with van der Waals surface area (Å²) in [5.74, 6) is 0.482. The number of hydrogen-bond donors (Lipinski definition) is 1. The largest absolute Gasteiger partial charge is 0.379 e. The van der Waals surface area contributed by atoms with Gasteiger partial charge in [0.25, 0.3) is 0 Å². The molecular formula is C19H19N5O2. The average molecular weight is 349 g/mol. The summed E-state index contributed by atoms with van der Waals surface area (Å²) in [7, 11) is 0. The molecule has 0 aliphatic carbocycles. The molecule has 0 atom stereocenters. The number of amides is 1. The van der Waals surface area contributed by atoms with Gasteiger partial charge < -0.3 is 10.1 Å². The number of nitrogens with zero attached hydrogens (tertiary/aromatic N) is 4. The Morgan fingerprint density at radius 3 is 2.77 bits per heavy atom. The van der Waals surface area contributed by atoms with Crippen molar-refractivity contribution in [3.05, 3.63) is 49.1 Å². The fourth-order valence-electron chi connectivity index (χ4n) is 2.96. The van der Waals surface area contributed by atoms with E-state index in [-0.39, 0.29) is 5.91 Å². The first kappa shape index (κ1) is 16.6. The molecule has 0 bridgehead atoms. The molecule has 3 aromatic rings. The zero-order valence-corrected chi connectivity index (χ0v) is 14.3. The number of rotatable bonds is 4. The molecule has 0 spiro atoms. The number of carbonyl (C=O) groups excluding carboxylic acids is 1. The number of hydrogen-bond acceptors (Lipinski definition) is 6. The molecular weight excluding hydrogens is 330 g/mol. The Morgan fingerprint density at radius 1 is 1.08 bits per heavy atom. The van der Waals surface area contributed by atoms with E-state index in [1.54, 1.807) is 24.8 Å². The number of benzene rings is 1. The third-order valence-electron chi connectivity index (χ3n) is 4.32. The van der Waals surface area contributed by atoms with E-state index in [9.17, 15) is 4.79 Å². The zero-order chi connectivity index (χ0) is 17.8. The molecule has 2 aromatic heterocycles. The number of aromatic nitrogens is 3. The topological polar surface area (TPSA) is 80.2 Å². The maximum absolute atomic E-state index is 12.3. The minimum Gasteiger partial charge on any atom is -0.379 e. The summed E-state index contributed by atoms with van der Waals surface area (Å²) in [6, 6.07) is 7.89. The third-order valence-corrected chi connectivity index (χ3v) is 4.32. The van der Waals surface area contributed by atoms with Crippen LogP contribution in [0, 0.1) is 0 Å². The smallest absolute Gasteiger partial charge is 0.239 e. The van der Waals surface area contributed by atoms with Gasteiger partial charge in [0, 0.05) is 42.6 Å². The maximum atomic E-state index is 12.3. The van der Waals surface area contributed by atoms with Crippen LogP contribution in [0.25, 0.3) is 22.0 Å². The van der Waals surface area contributed by atoms with E-state index >= 15 is 0 Å². The predicted octanol–water partition coefficient (Wildman–Crippen LogP) is 1.96. The van der Waals surface area contributed by atoms with Crippen LogP contribution >= 0.6 is 0 Å². The molecule has 7 nitrogen and oxygen atoms in total. The minimum atomic E-state index is -0.0659. The first-order valence-electron chi connectivity index (χ1n) is 8.54. The van der Waals surface area contributed by atoms with Gasteiger partial charge in [-0.3, -0.25) is 19.7 Å². The monoisotopic (exact) mass is 349 g/mol. The Kier molecular flexibility index (Phi) is 4.81. The van der Waals surface area contributed by atoms with Gasteiger partial charge in [0.2, 0.25) is 5.91 Å². The Balaban J connectivity index is 1.51. The van der Waals surface area contributed by atoms with Crippen molar-refractivity contribution in [3.63, 3.8) is 0 Å². The Labute approximate surface area is 151 Å².